The van der Waals surface area contributed by atoms with Crippen LogP contribution in [0.2, 0.25) is 15.2 Å². The van der Waals surface area contributed by atoms with Gasteiger partial charge in [-0.15, -0.1) is 0 Å². The number of aromatic nitrogens is 1. The zero-order chi connectivity index (χ0) is 23.2. The number of pyridine rings is 1. The molecule has 2 heterocycles. The Bertz CT molecular complexity index is 988. The molecule has 0 bridgehead atoms. The highest BCUT2D eigenvalue weighted by atomic mass is 35.5. The molecule has 1 aromatic heterocycles. The highest BCUT2D eigenvalue weighted by Gasteiger charge is 2.59. The van der Waals surface area contributed by atoms with Gasteiger partial charge in [0, 0.05) is 23.1 Å². The van der Waals surface area contributed by atoms with Crippen LogP contribution in [0.3, 0.4) is 0 Å². The Balaban J connectivity index is 1.92. The van der Waals surface area contributed by atoms with Gasteiger partial charge in [0.1, 0.15) is 22.0 Å². The maximum atomic E-state index is 14.2. The van der Waals surface area contributed by atoms with Gasteiger partial charge in [0.25, 0.3) is 0 Å². The van der Waals surface area contributed by atoms with Crippen LogP contribution in [-0.2, 0) is 10.2 Å². The van der Waals surface area contributed by atoms with E-state index in [1.54, 1.807) is 20.8 Å². The summed E-state index contributed by atoms with van der Waals surface area (Å²) in [6.07, 6.45) is -4.75. The average molecular weight is 496 g/mol. The Morgan fingerprint density at radius 3 is 2.23 bits per heavy atom. The van der Waals surface area contributed by atoms with Crippen LogP contribution in [0.1, 0.15) is 43.1 Å². The van der Waals surface area contributed by atoms with E-state index >= 15 is 0 Å². The first-order valence-electron chi connectivity index (χ1n) is 9.40. The number of halogens is 6. The monoisotopic (exact) mass is 494 g/mol. The van der Waals surface area contributed by atoms with Crippen LogP contribution < -0.4 is 4.90 Å². The number of hydrogen-bond acceptors (Lipinski definition) is 4. The van der Waals surface area contributed by atoms with Crippen molar-refractivity contribution in [2.45, 2.75) is 44.4 Å². The summed E-state index contributed by atoms with van der Waals surface area (Å²) in [6.45, 7) is 4.83. The Morgan fingerprint density at radius 1 is 1.10 bits per heavy atom. The molecule has 1 atom stereocenters. The maximum Gasteiger partial charge on any atom is 0.400 e. The van der Waals surface area contributed by atoms with Gasteiger partial charge in [-0.2, -0.15) is 13.2 Å². The number of hydrogen-bond donors (Lipinski definition) is 0. The second-order valence-corrected chi connectivity index (χ2v) is 9.65. The molecule has 1 aromatic carbocycles. The number of nitrogens with zero attached hydrogens (tertiary/aromatic N) is 2. The maximum absolute atomic E-state index is 14.2. The standard InChI is InChI=1S/C21H20Cl3F3N2O2/c1-19(2,3)31-18(30)15-4-5-16(28-17(15)24)29-7-6-20(11-29,21(25,26)27)12-8-13(22)10-14(23)9-12/h4-5,8-10H,6-7,11H2,1-3H3. The van der Waals surface area contributed by atoms with Crippen molar-refractivity contribution in [1.29, 1.82) is 0 Å². The Kier molecular flexibility index (Phi) is 6.44. The number of anilines is 1. The Morgan fingerprint density at radius 2 is 1.71 bits per heavy atom. The fourth-order valence-corrected chi connectivity index (χ4v) is 4.31. The molecule has 10 heteroatoms. The van der Waals surface area contributed by atoms with Gasteiger partial charge in [-0.05, 0) is 63.1 Å². The number of carbonyl (C=O) groups is 1. The third-order valence-corrected chi connectivity index (χ3v) is 5.73. The van der Waals surface area contributed by atoms with Gasteiger partial charge in [-0.1, -0.05) is 34.8 Å². The molecule has 1 fully saturated rings. The molecule has 1 unspecified atom stereocenters. The predicted molar refractivity (Wildman–Crippen MR) is 115 cm³/mol. The van der Waals surface area contributed by atoms with E-state index in [0.29, 0.717) is 0 Å². The lowest BCUT2D eigenvalue weighted by molar-refractivity contribution is -0.184. The van der Waals surface area contributed by atoms with Crippen LogP contribution in [0.4, 0.5) is 19.0 Å². The number of benzene rings is 1. The third kappa shape index (κ3) is 5.04. The number of carbonyl (C=O) groups excluding carboxylic acids is 1. The molecule has 2 aromatic rings. The zero-order valence-corrected chi connectivity index (χ0v) is 19.3. The zero-order valence-electron chi connectivity index (χ0n) is 17.0. The minimum atomic E-state index is -4.55. The van der Waals surface area contributed by atoms with Crippen LogP contribution in [-0.4, -0.2) is 35.8 Å². The Labute approximate surface area is 193 Å². The fourth-order valence-electron chi connectivity index (χ4n) is 3.55. The molecule has 0 aliphatic carbocycles. The van der Waals surface area contributed by atoms with Gasteiger partial charge < -0.3 is 9.64 Å². The summed E-state index contributed by atoms with van der Waals surface area (Å²) in [6, 6.07) is 6.83. The predicted octanol–water partition coefficient (Wildman–Crippen LogP) is 6.71. The van der Waals surface area contributed by atoms with Crippen molar-refractivity contribution in [2.24, 2.45) is 0 Å². The molecule has 3 rings (SSSR count). The first-order chi connectivity index (χ1) is 14.2. The van der Waals surface area contributed by atoms with Gasteiger partial charge in [0.2, 0.25) is 0 Å². The van der Waals surface area contributed by atoms with Gasteiger partial charge in [-0.3, -0.25) is 0 Å². The highest BCUT2D eigenvalue weighted by Crippen LogP contribution is 2.49. The normalized spacial score (nSPS) is 19.6. The summed E-state index contributed by atoms with van der Waals surface area (Å²) in [7, 11) is 0. The average Bonchev–Trinajstić information content (AvgIpc) is 3.06. The van der Waals surface area contributed by atoms with Crippen LogP contribution >= 0.6 is 34.8 Å². The van der Waals surface area contributed by atoms with E-state index in [-0.39, 0.29) is 51.7 Å². The summed E-state index contributed by atoms with van der Waals surface area (Å²) in [5.41, 5.74) is -2.85. The molecule has 0 N–H and O–H groups in total. The quantitative estimate of drug-likeness (QED) is 0.351. The van der Waals surface area contributed by atoms with E-state index < -0.39 is 23.2 Å². The van der Waals surface area contributed by atoms with Gasteiger partial charge in [0.05, 0.1) is 5.56 Å². The lowest BCUT2D eigenvalue weighted by Gasteiger charge is -2.32. The van der Waals surface area contributed by atoms with E-state index in [9.17, 15) is 18.0 Å². The van der Waals surface area contributed by atoms with Crippen molar-refractivity contribution in [2.75, 3.05) is 18.0 Å². The van der Waals surface area contributed by atoms with Crippen molar-refractivity contribution < 1.29 is 22.7 Å². The first-order valence-corrected chi connectivity index (χ1v) is 10.5. The smallest absolute Gasteiger partial charge is 0.400 e. The van der Waals surface area contributed by atoms with Crippen molar-refractivity contribution in [3.63, 3.8) is 0 Å². The molecular weight excluding hydrogens is 476 g/mol. The molecule has 0 amide bonds. The van der Waals surface area contributed by atoms with Gasteiger partial charge in [0.15, 0.2) is 0 Å². The molecule has 0 saturated carbocycles. The van der Waals surface area contributed by atoms with E-state index in [1.165, 1.54) is 35.2 Å². The van der Waals surface area contributed by atoms with E-state index in [2.05, 4.69) is 4.98 Å². The molecule has 168 valence electrons. The summed E-state index contributed by atoms with van der Waals surface area (Å²) >= 11 is 18.1. The molecule has 0 spiro atoms. The van der Waals surface area contributed by atoms with Crippen molar-refractivity contribution in [3.05, 3.63) is 56.7 Å². The summed E-state index contributed by atoms with van der Waals surface area (Å²) in [5.74, 6) is -0.423. The van der Waals surface area contributed by atoms with Gasteiger partial charge >= 0.3 is 12.1 Å². The summed E-state index contributed by atoms with van der Waals surface area (Å²) in [4.78, 5) is 17.9. The topological polar surface area (TPSA) is 42.4 Å². The number of esters is 1. The van der Waals surface area contributed by atoms with Crippen LogP contribution in [0.25, 0.3) is 0 Å². The van der Waals surface area contributed by atoms with Crippen molar-refractivity contribution >= 4 is 46.6 Å². The second kappa shape index (κ2) is 8.34. The third-order valence-electron chi connectivity index (χ3n) is 5.00. The number of rotatable bonds is 3. The molecule has 0 radical (unpaired) electrons. The van der Waals surface area contributed by atoms with Crippen LogP contribution in [0.15, 0.2) is 30.3 Å². The number of alkyl halides is 3. The molecule has 1 saturated heterocycles. The highest BCUT2D eigenvalue weighted by molar-refractivity contribution is 6.34. The molecular formula is C21H20Cl3F3N2O2. The largest absolute Gasteiger partial charge is 0.456 e. The van der Waals surface area contributed by atoms with E-state index in [1.807, 2.05) is 0 Å². The number of ether oxygens (including phenoxy) is 1. The molecule has 1 aliphatic rings. The summed E-state index contributed by atoms with van der Waals surface area (Å²) < 4.78 is 48.0. The fraction of sp³-hybridized carbons (Fsp3) is 0.429. The van der Waals surface area contributed by atoms with Crippen molar-refractivity contribution in [3.8, 4) is 0 Å². The van der Waals surface area contributed by atoms with Crippen LogP contribution in [0.5, 0.6) is 0 Å². The summed E-state index contributed by atoms with van der Waals surface area (Å²) in [5, 5.41) is 0.127. The van der Waals surface area contributed by atoms with Crippen molar-refractivity contribution in [1.82, 2.24) is 4.98 Å². The van der Waals surface area contributed by atoms with E-state index in [4.69, 9.17) is 39.5 Å². The molecule has 1 aliphatic heterocycles. The molecule has 4 nitrogen and oxygen atoms in total. The first kappa shape index (κ1) is 24.0. The van der Waals surface area contributed by atoms with E-state index in [0.717, 1.165) is 0 Å². The lowest BCUT2D eigenvalue weighted by Crippen LogP contribution is -2.45. The minimum Gasteiger partial charge on any atom is -0.456 e. The Hall–Kier alpha value is -1.70. The van der Waals surface area contributed by atoms with Crippen LogP contribution in [0, 0.1) is 0 Å². The minimum absolute atomic E-state index is 0.00327. The molecule has 31 heavy (non-hydrogen) atoms. The second-order valence-electron chi connectivity index (χ2n) is 8.42. The lowest BCUT2D eigenvalue weighted by atomic mass is 9.79. The SMILES string of the molecule is CC(C)(C)OC(=O)c1ccc(N2CCC(c3cc(Cl)cc(Cl)c3)(C(F)(F)F)C2)nc1Cl. The van der Waals surface area contributed by atoms with Gasteiger partial charge in [-0.25, -0.2) is 9.78 Å².